The van der Waals surface area contributed by atoms with Crippen molar-refractivity contribution in [3.63, 3.8) is 0 Å². The predicted octanol–water partition coefficient (Wildman–Crippen LogP) is 3.41. The molecule has 0 amide bonds. The van der Waals surface area contributed by atoms with Gasteiger partial charge in [-0.3, -0.25) is 0 Å². The Bertz CT molecular complexity index is 391. The Morgan fingerprint density at radius 2 is 2.05 bits per heavy atom. The molecule has 1 N–H and O–H groups in total. The smallest absolute Gasteiger partial charge is 0.110 e. The van der Waals surface area contributed by atoms with E-state index in [0.29, 0.717) is 6.04 Å². The van der Waals surface area contributed by atoms with Gasteiger partial charge in [0, 0.05) is 38.0 Å². The SMILES string of the molecule is CCCNC(Cc1nccn1CCC)C(C)(CC)OCC. The number of hydrogen-bond acceptors (Lipinski definition) is 3. The normalized spacial score (nSPS) is 15.9. The molecule has 1 aromatic heterocycles. The fourth-order valence-corrected chi connectivity index (χ4v) is 2.76. The third-order valence-corrected chi connectivity index (χ3v) is 4.21. The summed E-state index contributed by atoms with van der Waals surface area (Å²) in [6, 6.07) is 0.292. The van der Waals surface area contributed by atoms with Gasteiger partial charge in [0.05, 0.1) is 5.60 Å². The number of nitrogens with zero attached hydrogens (tertiary/aromatic N) is 2. The van der Waals surface area contributed by atoms with Gasteiger partial charge >= 0.3 is 0 Å². The van der Waals surface area contributed by atoms with Gasteiger partial charge in [0.2, 0.25) is 0 Å². The topological polar surface area (TPSA) is 39.1 Å². The van der Waals surface area contributed by atoms with Crippen molar-refractivity contribution in [2.45, 2.75) is 78.5 Å². The molecule has 122 valence electrons. The van der Waals surface area contributed by atoms with E-state index in [9.17, 15) is 0 Å². The van der Waals surface area contributed by atoms with Crippen LogP contribution in [0.15, 0.2) is 12.4 Å². The summed E-state index contributed by atoms with van der Waals surface area (Å²) in [5.74, 6) is 1.16. The van der Waals surface area contributed by atoms with Crippen LogP contribution in [0.2, 0.25) is 0 Å². The van der Waals surface area contributed by atoms with E-state index in [-0.39, 0.29) is 5.60 Å². The maximum absolute atomic E-state index is 6.09. The molecular formula is C17H33N3O. The highest BCUT2D eigenvalue weighted by Gasteiger charge is 2.33. The zero-order valence-corrected chi connectivity index (χ0v) is 14.5. The van der Waals surface area contributed by atoms with Gasteiger partial charge < -0.3 is 14.6 Å². The van der Waals surface area contributed by atoms with Crippen LogP contribution in [-0.2, 0) is 17.7 Å². The molecule has 21 heavy (non-hydrogen) atoms. The van der Waals surface area contributed by atoms with E-state index in [2.05, 4.69) is 55.7 Å². The highest BCUT2D eigenvalue weighted by atomic mass is 16.5. The van der Waals surface area contributed by atoms with Crippen LogP contribution in [0.3, 0.4) is 0 Å². The van der Waals surface area contributed by atoms with Gasteiger partial charge in [0.15, 0.2) is 0 Å². The van der Waals surface area contributed by atoms with Crippen molar-refractivity contribution in [2.24, 2.45) is 0 Å². The quantitative estimate of drug-likeness (QED) is 0.680. The second-order valence-electron chi connectivity index (χ2n) is 5.85. The Morgan fingerprint density at radius 1 is 1.29 bits per heavy atom. The van der Waals surface area contributed by atoms with Crippen LogP contribution >= 0.6 is 0 Å². The molecule has 0 saturated heterocycles. The van der Waals surface area contributed by atoms with E-state index in [1.165, 1.54) is 0 Å². The Hall–Kier alpha value is -0.870. The first-order valence-corrected chi connectivity index (χ1v) is 8.48. The molecule has 2 atom stereocenters. The summed E-state index contributed by atoms with van der Waals surface area (Å²) < 4.78 is 8.35. The van der Waals surface area contributed by atoms with Gasteiger partial charge in [-0.2, -0.15) is 0 Å². The number of hydrogen-bond donors (Lipinski definition) is 1. The molecule has 2 unspecified atom stereocenters. The van der Waals surface area contributed by atoms with Crippen LogP contribution in [0.25, 0.3) is 0 Å². The third kappa shape index (κ3) is 5.11. The summed E-state index contributed by atoms with van der Waals surface area (Å²) in [5.41, 5.74) is -0.146. The highest BCUT2D eigenvalue weighted by molar-refractivity contribution is 5.01. The molecule has 0 spiro atoms. The van der Waals surface area contributed by atoms with Crippen LogP contribution in [0, 0.1) is 0 Å². The summed E-state index contributed by atoms with van der Waals surface area (Å²) in [7, 11) is 0. The van der Waals surface area contributed by atoms with E-state index < -0.39 is 0 Å². The monoisotopic (exact) mass is 295 g/mol. The predicted molar refractivity (Wildman–Crippen MR) is 88.6 cm³/mol. The molecule has 1 rings (SSSR count). The Balaban J connectivity index is 2.88. The molecule has 0 radical (unpaired) electrons. The zero-order valence-electron chi connectivity index (χ0n) is 14.5. The van der Waals surface area contributed by atoms with Crippen molar-refractivity contribution in [3.05, 3.63) is 18.2 Å². The van der Waals surface area contributed by atoms with Gasteiger partial charge in [-0.1, -0.05) is 20.8 Å². The lowest BCUT2D eigenvalue weighted by atomic mass is 9.90. The molecule has 0 bridgehead atoms. The van der Waals surface area contributed by atoms with Gasteiger partial charge in [0.25, 0.3) is 0 Å². The van der Waals surface area contributed by atoms with Crippen molar-refractivity contribution in [1.82, 2.24) is 14.9 Å². The molecule has 1 aromatic rings. The Kier molecular flexibility index (Phi) is 7.97. The number of imidazole rings is 1. The molecule has 0 aliphatic rings. The fourth-order valence-electron chi connectivity index (χ4n) is 2.76. The lowest BCUT2D eigenvalue weighted by Gasteiger charge is -2.37. The van der Waals surface area contributed by atoms with Crippen LogP contribution in [0.4, 0.5) is 0 Å². The van der Waals surface area contributed by atoms with Crippen molar-refractivity contribution in [2.75, 3.05) is 13.2 Å². The van der Waals surface area contributed by atoms with E-state index >= 15 is 0 Å². The Labute approximate surface area is 130 Å². The minimum absolute atomic E-state index is 0.146. The molecule has 4 heteroatoms. The van der Waals surface area contributed by atoms with E-state index in [4.69, 9.17) is 4.74 Å². The van der Waals surface area contributed by atoms with Crippen LogP contribution < -0.4 is 5.32 Å². The van der Waals surface area contributed by atoms with Crippen molar-refractivity contribution in [1.29, 1.82) is 0 Å². The van der Waals surface area contributed by atoms with Gasteiger partial charge in [0.1, 0.15) is 5.82 Å². The first kappa shape index (κ1) is 18.2. The summed E-state index contributed by atoms with van der Waals surface area (Å²) in [4.78, 5) is 4.56. The summed E-state index contributed by atoms with van der Waals surface area (Å²) in [5, 5.41) is 3.68. The lowest BCUT2D eigenvalue weighted by Crippen LogP contribution is -2.52. The van der Waals surface area contributed by atoms with Crippen LogP contribution in [0.1, 0.15) is 59.7 Å². The average Bonchev–Trinajstić information content (AvgIpc) is 2.91. The number of ether oxygens (including phenoxy) is 1. The maximum atomic E-state index is 6.09. The molecule has 0 aromatic carbocycles. The first-order chi connectivity index (χ1) is 10.1. The third-order valence-electron chi connectivity index (χ3n) is 4.21. The molecular weight excluding hydrogens is 262 g/mol. The van der Waals surface area contributed by atoms with Crippen molar-refractivity contribution in [3.8, 4) is 0 Å². The molecule has 0 fully saturated rings. The fraction of sp³-hybridized carbons (Fsp3) is 0.824. The van der Waals surface area contributed by atoms with E-state index in [0.717, 1.165) is 51.2 Å². The second-order valence-corrected chi connectivity index (χ2v) is 5.85. The van der Waals surface area contributed by atoms with Crippen LogP contribution in [0.5, 0.6) is 0 Å². The summed E-state index contributed by atoms with van der Waals surface area (Å²) >= 11 is 0. The molecule has 0 aliphatic carbocycles. The maximum Gasteiger partial charge on any atom is 0.110 e. The number of aromatic nitrogens is 2. The highest BCUT2D eigenvalue weighted by Crippen LogP contribution is 2.23. The number of rotatable bonds is 11. The minimum atomic E-state index is -0.146. The summed E-state index contributed by atoms with van der Waals surface area (Å²) in [6.07, 6.45) is 8.16. The summed E-state index contributed by atoms with van der Waals surface area (Å²) in [6.45, 7) is 13.7. The average molecular weight is 295 g/mol. The van der Waals surface area contributed by atoms with Gasteiger partial charge in [-0.05, 0) is 39.7 Å². The van der Waals surface area contributed by atoms with Crippen LogP contribution in [-0.4, -0.2) is 34.3 Å². The standard InChI is InChI=1S/C17H33N3O/c1-6-10-18-15(17(5,8-3)21-9-4)14-16-19-11-13-20(16)12-7-2/h11,13,15,18H,6-10,12,14H2,1-5H3. The Morgan fingerprint density at radius 3 is 2.62 bits per heavy atom. The van der Waals surface area contributed by atoms with E-state index in [1.807, 2.05) is 6.20 Å². The van der Waals surface area contributed by atoms with Crippen molar-refractivity contribution >= 4 is 0 Å². The second kappa shape index (κ2) is 9.21. The number of nitrogens with one attached hydrogen (secondary N) is 1. The van der Waals surface area contributed by atoms with Gasteiger partial charge in [-0.15, -0.1) is 0 Å². The largest absolute Gasteiger partial charge is 0.374 e. The van der Waals surface area contributed by atoms with Crippen molar-refractivity contribution < 1.29 is 4.74 Å². The lowest BCUT2D eigenvalue weighted by molar-refractivity contribution is -0.0555. The molecule has 0 aliphatic heterocycles. The zero-order chi connectivity index (χ0) is 15.7. The van der Waals surface area contributed by atoms with E-state index in [1.54, 1.807) is 0 Å². The number of aryl methyl sites for hydroxylation is 1. The first-order valence-electron chi connectivity index (χ1n) is 8.48. The molecule has 1 heterocycles. The van der Waals surface area contributed by atoms with Gasteiger partial charge in [-0.25, -0.2) is 4.98 Å². The minimum Gasteiger partial charge on any atom is -0.374 e. The molecule has 0 saturated carbocycles. The molecule has 4 nitrogen and oxygen atoms in total.